The van der Waals surface area contributed by atoms with E-state index in [-0.39, 0.29) is 11.9 Å². The zero-order chi connectivity index (χ0) is 18.7. The fourth-order valence-electron chi connectivity index (χ4n) is 3.17. The van der Waals surface area contributed by atoms with Gasteiger partial charge >= 0.3 is 0 Å². The maximum atomic E-state index is 12.1. The smallest absolute Gasteiger partial charge is 0.241 e. The molecule has 0 spiro atoms. The van der Waals surface area contributed by atoms with E-state index in [1.54, 1.807) is 19.0 Å². The zero-order valence-electron chi connectivity index (χ0n) is 16.0. The van der Waals surface area contributed by atoms with Crippen LogP contribution in [-0.4, -0.2) is 77.1 Å². The first-order valence-electron chi connectivity index (χ1n) is 9.01. The van der Waals surface area contributed by atoms with Gasteiger partial charge in [-0.05, 0) is 13.8 Å². The van der Waals surface area contributed by atoms with Crippen LogP contribution < -0.4 is 0 Å². The van der Waals surface area contributed by atoms with Gasteiger partial charge in [-0.3, -0.25) is 14.6 Å². The van der Waals surface area contributed by atoms with Gasteiger partial charge in [-0.15, -0.1) is 0 Å². The van der Waals surface area contributed by atoms with Gasteiger partial charge in [0, 0.05) is 45.8 Å². The second-order valence-corrected chi connectivity index (χ2v) is 7.10. The average Bonchev–Trinajstić information content (AvgIpc) is 3.10. The number of rotatable bonds is 5. The molecule has 2 aromatic rings. The van der Waals surface area contributed by atoms with E-state index in [0.29, 0.717) is 18.3 Å². The first-order valence-corrected chi connectivity index (χ1v) is 9.01. The van der Waals surface area contributed by atoms with Crippen LogP contribution in [0.1, 0.15) is 18.4 Å². The van der Waals surface area contributed by atoms with Crippen molar-refractivity contribution in [3.8, 4) is 11.4 Å². The van der Waals surface area contributed by atoms with Gasteiger partial charge in [0.05, 0.1) is 12.6 Å². The van der Waals surface area contributed by atoms with Crippen LogP contribution >= 0.6 is 0 Å². The van der Waals surface area contributed by atoms with Crippen LogP contribution in [0.4, 0.5) is 0 Å². The van der Waals surface area contributed by atoms with Gasteiger partial charge in [-0.25, -0.2) is 0 Å². The fourth-order valence-corrected chi connectivity index (χ4v) is 3.17. The lowest BCUT2D eigenvalue weighted by atomic mass is 10.1. The van der Waals surface area contributed by atoms with Gasteiger partial charge in [0.25, 0.3) is 0 Å². The molecule has 140 valence electrons. The summed E-state index contributed by atoms with van der Waals surface area (Å²) < 4.78 is 5.42. The number of nitrogens with zero attached hydrogens (tertiary/aromatic N) is 5. The topological polar surface area (TPSA) is 65.7 Å². The highest BCUT2D eigenvalue weighted by molar-refractivity contribution is 5.80. The minimum atomic E-state index is -0.0799. The predicted molar refractivity (Wildman–Crippen MR) is 99.5 cm³/mol. The largest absolute Gasteiger partial charge is 0.347 e. The SMILES string of the molecule is Cc1ccc(-c2noc(CN3CCN(C(C)C(=O)N(C)C)CC3)n2)cc1. The number of aromatic nitrogens is 2. The van der Waals surface area contributed by atoms with Crippen LogP contribution in [0.5, 0.6) is 0 Å². The Morgan fingerprint density at radius 2 is 1.85 bits per heavy atom. The van der Waals surface area contributed by atoms with E-state index in [0.717, 1.165) is 31.7 Å². The first kappa shape index (κ1) is 18.5. The van der Waals surface area contributed by atoms with E-state index >= 15 is 0 Å². The molecule has 26 heavy (non-hydrogen) atoms. The van der Waals surface area contributed by atoms with Crippen LogP contribution in [0, 0.1) is 6.92 Å². The van der Waals surface area contributed by atoms with Gasteiger partial charge < -0.3 is 9.42 Å². The van der Waals surface area contributed by atoms with Crippen molar-refractivity contribution in [2.75, 3.05) is 40.3 Å². The van der Waals surface area contributed by atoms with E-state index in [9.17, 15) is 4.79 Å². The van der Waals surface area contributed by atoms with E-state index in [4.69, 9.17) is 4.52 Å². The van der Waals surface area contributed by atoms with Crippen LogP contribution in [0.15, 0.2) is 28.8 Å². The third-order valence-electron chi connectivity index (χ3n) is 4.89. The third kappa shape index (κ3) is 4.28. The van der Waals surface area contributed by atoms with E-state index < -0.39 is 0 Å². The van der Waals surface area contributed by atoms with Crippen molar-refractivity contribution in [1.82, 2.24) is 24.8 Å². The van der Waals surface area contributed by atoms with Crippen molar-refractivity contribution in [2.45, 2.75) is 26.4 Å². The Bertz CT molecular complexity index is 733. The molecule has 3 rings (SSSR count). The average molecular weight is 357 g/mol. The second kappa shape index (κ2) is 7.97. The lowest BCUT2D eigenvalue weighted by molar-refractivity contribution is -0.134. The molecule has 7 heteroatoms. The summed E-state index contributed by atoms with van der Waals surface area (Å²) in [6, 6.07) is 8.02. The standard InChI is InChI=1S/C19H27N5O2/c1-14-5-7-16(8-6-14)18-20-17(26-21-18)13-23-9-11-24(12-10-23)15(2)19(25)22(3)4/h5-8,15H,9-13H2,1-4H3. The predicted octanol–water partition coefficient (Wildman–Crippen LogP) is 1.64. The molecule has 1 saturated heterocycles. The first-order chi connectivity index (χ1) is 12.4. The number of hydrogen-bond donors (Lipinski definition) is 0. The van der Waals surface area contributed by atoms with Gasteiger partial charge in [0.2, 0.25) is 17.6 Å². The van der Waals surface area contributed by atoms with Gasteiger partial charge in [-0.2, -0.15) is 4.98 Å². The highest BCUT2D eigenvalue weighted by Crippen LogP contribution is 2.17. The Morgan fingerprint density at radius 1 is 1.19 bits per heavy atom. The molecule has 0 saturated carbocycles. The zero-order valence-corrected chi connectivity index (χ0v) is 16.0. The summed E-state index contributed by atoms with van der Waals surface area (Å²) in [7, 11) is 3.60. The summed E-state index contributed by atoms with van der Waals surface area (Å²) in [4.78, 5) is 22.8. The highest BCUT2D eigenvalue weighted by atomic mass is 16.5. The molecular weight excluding hydrogens is 330 g/mol. The summed E-state index contributed by atoms with van der Waals surface area (Å²) in [5.41, 5.74) is 2.17. The van der Waals surface area contributed by atoms with Gasteiger partial charge in [0.1, 0.15) is 0 Å². The van der Waals surface area contributed by atoms with E-state index in [2.05, 4.69) is 26.9 Å². The van der Waals surface area contributed by atoms with Crippen LogP contribution in [-0.2, 0) is 11.3 Å². The molecule has 1 aliphatic rings. The van der Waals surface area contributed by atoms with Crippen LogP contribution in [0.2, 0.25) is 0 Å². The number of carbonyl (C=O) groups is 1. The molecule has 1 aliphatic heterocycles. The van der Waals surface area contributed by atoms with Crippen molar-refractivity contribution in [3.63, 3.8) is 0 Å². The van der Waals surface area contributed by atoms with Crippen molar-refractivity contribution in [3.05, 3.63) is 35.7 Å². The molecule has 1 aromatic heterocycles. The molecule has 1 unspecified atom stereocenters. The molecule has 1 aromatic carbocycles. The number of likely N-dealkylation sites (N-methyl/N-ethyl adjacent to an activating group) is 1. The molecule has 0 aliphatic carbocycles. The Kier molecular flexibility index (Phi) is 5.68. The number of aryl methyl sites for hydroxylation is 1. The summed E-state index contributed by atoms with van der Waals surface area (Å²) in [6.07, 6.45) is 0. The Hall–Kier alpha value is -2.25. The van der Waals surface area contributed by atoms with Crippen molar-refractivity contribution < 1.29 is 9.32 Å². The molecule has 2 heterocycles. The lowest BCUT2D eigenvalue weighted by Crippen LogP contribution is -2.53. The Labute approximate surface area is 154 Å². The molecule has 0 radical (unpaired) electrons. The van der Waals surface area contributed by atoms with Gasteiger partial charge in [-0.1, -0.05) is 35.0 Å². The number of amides is 1. The molecule has 7 nitrogen and oxygen atoms in total. The van der Waals surface area contributed by atoms with Crippen LogP contribution in [0.25, 0.3) is 11.4 Å². The Morgan fingerprint density at radius 3 is 2.46 bits per heavy atom. The molecule has 1 atom stereocenters. The van der Waals surface area contributed by atoms with Crippen molar-refractivity contribution in [1.29, 1.82) is 0 Å². The molecule has 1 amide bonds. The van der Waals surface area contributed by atoms with Crippen molar-refractivity contribution in [2.24, 2.45) is 0 Å². The monoisotopic (exact) mass is 357 g/mol. The normalized spacial score (nSPS) is 17.2. The van der Waals surface area contributed by atoms with Gasteiger partial charge in [0.15, 0.2) is 0 Å². The van der Waals surface area contributed by atoms with Crippen molar-refractivity contribution >= 4 is 5.91 Å². The minimum absolute atomic E-state index is 0.0799. The van der Waals surface area contributed by atoms with E-state index in [1.807, 2.05) is 31.2 Å². The second-order valence-electron chi connectivity index (χ2n) is 7.10. The quantitative estimate of drug-likeness (QED) is 0.810. The highest BCUT2D eigenvalue weighted by Gasteiger charge is 2.27. The molecule has 0 N–H and O–H groups in total. The molecule has 0 bridgehead atoms. The summed E-state index contributed by atoms with van der Waals surface area (Å²) in [5.74, 6) is 1.41. The molecule has 1 fully saturated rings. The third-order valence-corrected chi connectivity index (χ3v) is 4.89. The van der Waals surface area contributed by atoms with Crippen LogP contribution in [0.3, 0.4) is 0 Å². The number of hydrogen-bond acceptors (Lipinski definition) is 6. The maximum Gasteiger partial charge on any atom is 0.241 e. The Balaban J connectivity index is 1.54. The maximum absolute atomic E-state index is 12.1. The number of carbonyl (C=O) groups excluding carboxylic acids is 1. The summed E-state index contributed by atoms with van der Waals surface area (Å²) in [5, 5.41) is 4.09. The van der Waals surface area contributed by atoms with E-state index in [1.165, 1.54) is 5.56 Å². The summed E-state index contributed by atoms with van der Waals surface area (Å²) >= 11 is 0. The number of piperazine rings is 1. The molecular formula is C19H27N5O2. The fraction of sp³-hybridized carbons (Fsp3) is 0.526. The summed E-state index contributed by atoms with van der Waals surface area (Å²) in [6.45, 7) is 8.16. The lowest BCUT2D eigenvalue weighted by Gasteiger charge is -2.37. The minimum Gasteiger partial charge on any atom is -0.347 e. The number of benzene rings is 1.